The van der Waals surface area contributed by atoms with Crippen molar-refractivity contribution in [1.82, 2.24) is 10.2 Å². The number of aryl methyl sites for hydroxylation is 3. The van der Waals surface area contributed by atoms with Crippen LogP contribution in [0.1, 0.15) is 34.0 Å². The smallest absolute Gasteiger partial charge is 0.142 e. The van der Waals surface area contributed by atoms with Crippen molar-refractivity contribution in [3.05, 3.63) is 33.8 Å². The molecule has 17 heavy (non-hydrogen) atoms. The maximum atomic E-state index is 6.02. The molecule has 2 rings (SSSR count). The molecule has 1 atom stereocenters. The first-order valence-electron chi connectivity index (χ1n) is 5.54. The molecule has 0 radical (unpaired) electrons. The average molecular weight is 267 g/mol. The van der Waals surface area contributed by atoms with E-state index in [-0.39, 0.29) is 5.38 Å². The van der Waals surface area contributed by atoms with Crippen molar-refractivity contribution >= 4 is 22.9 Å². The standard InChI is InChI=1S/C13H15ClN2S/c1-7-5-8(2)11(9(3)6-7)13-16-15-12(17-13)10(4)14/h5-6,10H,1-4H3. The van der Waals surface area contributed by atoms with E-state index in [1.165, 1.54) is 22.3 Å². The molecule has 0 aliphatic carbocycles. The van der Waals surface area contributed by atoms with Gasteiger partial charge in [-0.3, -0.25) is 0 Å². The molecular weight excluding hydrogens is 252 g/mol. The molecule has 1 aromatic carbocycles. The molecule has 0 amide bonds. The van der Waals surface area contributed by atoms with Gasteiger partial charge in [-0.25, -0.2) is 0 Å². The zero-order chi connectivity index (χ0) is 12.6. The number of rotatable bonds is 2. The first-order chi connectivity index (χ1) is 7.99. The normalized spacial score (nSPS) is 12.8. The predicted molar refractivity (Wildman–Crippen MR) is 73.8 cm³/mol. The molecule has 0 bridgehead atoms. The van der Waals surface area contributed by atoms with Crippen LogP contribution in [0.15, 0.2) is 12.1 Å². The van der Waals surface area contributed by atoms with Gasteiger partial charge < -0.3 is 0 Å². The molecule has 1 aromatic heterocycles. The van der Waals surface area contributed by atoms with E-state index in [1.54, 1.807) is 11.3 Å². The highest BCUT2D eigenvalue weighted by atomic mass is 35.5. The minimum atomic E-state index is -0.0766. The summed E-state index contributed by atoms with van der Waals surface area (Å²) in [6, 6.07) is 4.35. The number of halogens is 1. The molecule has 4 heteroatoms. The van der Waals surface area contributed by atoms with Gasteiger partial charge in [0.15, 0.2) is 0 Å². The van der Waals surface area contributed by atoms with Crippen molar-refractivity contribution in [3.8, 4) is 10.6 Å². The molecule has 1 unspecified atom stereocenters. The summed E-state index contributed by atoms with van der Waals surface area (Å²) in [4.78, 5) is 0. The summed E-state index contributed by atoms with van der Waals surface area (Å²) in [5.74, 6) is 0. The maximum absolute atomic E-state index is 6.02. The third-order valence-corrected chi connectivity index (χ3v) is 4.13. The minimum Gasteiger partial charge on any atom is -0.142 e. The number of hydrogen-bond acceptors (Lipinski definition) is 3. The van der Waals surface area contributed by atoms with Crippen LogP contribution >= 0.6 is 22.9 Å². The second kappa shape index (κ2) is 4.75. The highest BCUT2D eigenvalue weighted by molar-refractivity contribution is 7.15. The molecule has 0 aliphatic rings. The minimum absolute atomic E-state index is 0.0766. The van der Waals surface area contributed by atoms with Crippen LogP contribution < -0.4 is 0 Å². The highest BCUT2D eigenvalue weighted by Gasteiger charge is 2.14. The second-order valence-electron chi connectivity index (χ2n) is 4.34. The lowest BCUT2D eigenvalue weighted by Crippen LogP contribution is -1.89. The monoisotopic (exact) mass is 266 g/mol. The van der Waals surface area contributed by atoms with Crippen LogP contribution in [0.5, 0.6) is 0 Å². The second-order valence-corrected chi connectivity index (χ2v) is 6.00. The zero-order valence-electron chi connectivity index (χ0n) is 10.4. The lowest BCUT2D eigenvalue weighted by molar-refractivity contribution is 0.962. The van der Waals surface area contributed by atoms with E-state index in [0.717, 1.165) is 10.0 Å². The van der Waals surface area contributed by atoms with Crippen molar-refractivity contribution in [3.63, 3.8) is 0 Å². The Morgan fingerprint density at radius 2 is 1.71 bits per heavy atom. The Kier molecular flexibility index (Phi) is 3.50. The number of nitrogens with zero attached hydrogens (tertiary/aromatic N) is 2. The van der Waals surface area contributed by atoms with Crippen LogP contribution in [0.2, 0.25) is 0 Å². The van der Waals surface area contributed by atoms with Gasteiger partial charge in [0.05, 0.1) is 5.38 Å². The molecule has 2 nitrogen and oxygen atoms in total. The van der Waals surface area contributed by atoms with Crippen molar-refractivity contribution < 1.29 is 0 Å². The summed E-state index contributed by atoms with van der Waals surface area (Å²) in [5, 5.41) is 10.1. The number of alkyl halides is 1. The number of aromatic nitrogens is 2. The van der Waals surface area contributed by atoms with Crippen molar-refractivity contribution in [2.45, 2.75) is 33.1 Å². The summed E-state index contributed by atoms with van der Waals surface area (Å²) < 4.78 is 0. The van der Waals surface area contributed by atoms with Gasteiger partial charge in [-0.2, -0.15) is 0 Å². The fourth-order valence-corrected chi connectivity index (χ4v) is 3.14. The largest absolute Gasteiger partial charge is 0.148 e. The van der Waals surface area contributed by atoms with Crippen molar-refractivity contribution in [1.29, 1.82) is 0 Å². The zero-order valence-corrected chi connectivity index (χ0v) is 12.0. The fraction of sp³-hybridized carbons (Fsp3) is 0.385. The lowest BCUT2D eigenvalue weighted by atomic mass is 10.0. The number of hydrogen-bond donors (Lipinski definition) is 0. The molecule has 0 N–H and O–H groups in total. The Morgan fingerprint density at radius 3 is 2.18 bits per heavy atom. The van der Waals surface area contributed by atoms with Gasteiger partial charge in [0, 0.05) is 5.56 Å². The third kappa shape index (κ3) is 2.50. The molecule has 0 fully saturated rings. The van der Waals surface area contributed by atoms with Crippen LogP contribution in [0.25, 0.3) is 10.6 Å². The SMILES string of the molecule is Cc1cc(C)c(-c2nnc(C(C)Cl)s2)c(C)c1. The molecule has 90 valence electrons. The van der Waals surface area contributed by atoms with Gasteiger partial charge >= 0.3 is 0 Å². The molecule has 2 aromatic rings. The Balaban J connectivity index is 2.52. The van der Waals surface area contributed by atoms with Crippen LogP contribution in [0.3, 0.4) is 0 Å². The third-order valence-electron chi connectivity index (χ3n) is 2.67. The summed E-state index contributed by atoms with van der Waals surface area (Å²) in [5.41, 5.74) is 4.95. The van der Waals surface area contributed by atoms with E-state index < -0.39 is 0 Å². The van der Waals surface area contributed by atoms with Crippen molar-refractivity contribution in [2.75, 3.05) is 0 Å². The van der Waals surface area contributed by atoms with Gasteiger partial charge in [-0.15, -0.1) is 21.8 Å². The van der Waals surface area contributed by atoms with Crippen LogP contribution in [-0.2, 0) is 0 Å². The van der Waals surface area contributed by atoms with Crippen LogP contribution in [-0.4, -0.2) is 10.2 Å². The summed E-state index contributed by atoms with van der Waals surface area (Å²) in [6.45, 7) is 8.25. The van der Waals surface area contributed by atoms with Crippen LogP contribution in [0.4, 0.5) is 0 Å². The molecule has 0 aliphatic heterocycles. The topological polar surface area (TPSA) is 25.8 Å². The Morgan fingerprint density at radius 1 is 1.12 bits per heavy atom. The molecule has 0 spiro atoms. The highest BCUT2D eigenvalue weighted by Crippen LogP contribution is 2.33. The summed E-state index contributed by atoms with van der Waals surface area (Å²) >= 11 is 7.59. The molecular formula is C13H15ClN2S. The predicted octanol–water partition coefficient (Wildman–Crippen LogP) is 4.43. The first kappa shape index (κ1) is 12.5. The molecule has 1 heterocycles. The quantitative estimate of drug-likeness (QED) is 0.752. The van der Waals surface area contributed by atoms with Gasteiger partial charge in [-0.1, -0.05) is 29.0 Å². The van der Waals surface area contributed by atoms with Gasteiger partial charge in [0.2, 0.25) is 0 Å². The van der Waals surface area contributed by atoms with Crippen LogP contribution in [0, 0.1) is 20.8 Å². The first-order valence-corrected chi connectivity index (χ1v) is 6.80. The van der Waals surface area contributed by atoms with E-state index in [4.69, 9.17) is 11.6 Å². The Bertz CT molecular complexity index is 523. The molecule has 0 saturated carbocycles. The van der Waals surface area contributed by atoms with Gasteiger partial charge in [-0.05, 0) is 38.8 Å². The average Bonchev–Trinajstić information content (AvgIpc) is 2.65. The van der Waals surface area contributed by atoms with Gasteiger partial charge in [0.25, 0.3) is 0 Å². The van der Waals surface area contributed by atoms with Gasteiger partial charge in [0.1, 0.15) is 10.0 Å². The Hall–Kier alpha value is -0.930. The maximum Gasteiger partial charge on any atom is 0.148 e. The van der Waals surface area contributed by atoms with E-state index in [9.17, 15) is 0 Å². The van der Waals surface area contributed by atoms with Crippen molar-refractivity contribution in [2.24, 2.45) is 0 Å². The van der Waals surface area contributed by atoms with E-state index in [0.29, 0.717) is 0 Å². The van der Waals surface area contributed by atoms with E-state index in [2.05, 4.69) is 43.1 Å². The number of benzene rings is 1. The van der Waals surface area contributed by atoms with E-state index >= 15 is 0 Å². The van der Waals surface area contributed by atoms with E-state index in [1.807, 2.05) is 6.92 Å². The Labute approximate surface area is 111 Å². The summed E-state index contributed by atoms with van der Waals surface area (Å²) in [6.07, 6.45) is 0. The fourth-order valence-electron chi connectivity index (χ4n) is 2.01. The molecule has 0 saturated heterocycles. The summed E-state index contributed by atoms with van der Waals surface area (Å²) in [7, 11) is 0. The lowest BCUT2D eigenvalue weighted by Gasteiger charge is -2.07.